The number of piperidine rings is 1. The molecule has 3 saturated heterocycles. The Balaban J connectivity index is 0.797. The van der Waals surface area contributed by atoms with E-state index in [0.29, 0.717) is 44.8 Å². The number of esters is 1. The molecule has 0 aliphatic carbocycles. The molecule has 5 N–H and O–H groups in total. The monoisotopic (exact) mass is 722 g/mol. The molecule has 3 fully saturated rings. The van der Waals surface area contributed by atoms with Crippen LogP contribution < -0.4 is 10.9 Å². The van der Waals surface area contributed by atoms with Crippen molar-refractivity contribution in [1.82, 2.24) is 10.3 Å². The molecule has 7 atom stereocenters. The zero-order valence-corrected chi connectivity index (χ0v) is 30.1. The first kappa shape index (κ1) is 35.3. The van der Waals surface area contributed by atoms with Gasteiger partial charge in [-0.2, -0.15) is 0 Å². The quantitative estimate of drug-likeness (QED) is 0.0427. The van der Waals surface area contributed by atoms with Crippen LogP contribution in [0.4, 0.5) is 0 Å². The fourth-order valence-electron chi connectivity index (χ4n) is 8.50. The van der Waals surface area contributed by atoms with E-state index < -0.39 is 17.7 Å². The molecule has 268 valence electrons. The summed E-state index contributed by atoms with van der Waals surface area (Å²) >= 11 is 2.74. The van der Waals surface area contributed by atoms with E-state index in [0.717, 1.165) is 43.3 Å². The molecule has 6 heterocycles. The summed E-state index contributed by atoms with van der Waals surface area (Å²) in [6, 6.07) is 14.2. The Hall–Kier alpha value is -3.10. The second kappa shape index (κ2) is 14.9. The Kier molecular flexibility index (Phi) is 10.5. The van der Waals surface area contributed by atoms with E-state index >= 15 is 0 Å². The van der Waals surface area contributed by atoms with Crippen molar-refractivity contribution in [3.05, 3.63) is 85.0 Å². The van der Waals surface area contributed by atoms with E-state index in [-0.39, 0.29) is 29.6 Å². The minimum Gasteiger partial charge on any atom is -0.506 e. The molecule has 0 spiro atoms. The number of fused-ring (bicyclic) bond motifs is 6. The maximum atomic E-state index is 13.6. The van der Waals surface area contributed by atoms with Crippen LogP contribution in [0.2, 0.25) is 0 Å². The van der Waals surface area contributed by atoms with Gasteiger partial charge in [-0.3, -0.25) is 4.79 Å². The molecule has 1 aromatic carbocycles. The number of phenolic OH excluding ortho intramolecular Hbond substituents is 1. The molecule has 3 aromatic heterocycles. The number of nitrogens with one attached hydrogen (secondary N) is 2. The Morgan fingerprint density at radius 1 is 0.980 bits per heavy atom. The summed E-state index contributed by atoms with van der Waals surface area (Å²) in [7, 11) is 2.37. The van der Waals surface area contributed by atoms with E-state index in [1.54, 1.807) is 24.3 Å². The number of morpholine rings is 1. The van der Waals surface area contributed by atoms with Crippen molar-refractivity contribution in [2.75, 3.05) is 26.7 Å². The highest BCUT2D eigenvalue weighted by Crippen LogP contribution is 2.53. The van der Waals surface area contributed by atoms with Crippen molar-refractivity contribution < 1.29 is 34.1 Å². The van der Waals surface area contributed by atoms with Gasteiger partial charge in [0.05, 0.1) is 35.0 Å². The summed E-state index contributed by atoms with van der Waals surface area (Å²) < 4.78 is 13.2. The average molecular weight is 723 g/mol. The SMILES string of the molecule is C[N+]1(CCCCCCCCCNC[C@H](O)c2ccc(O)c3[nH]c(=O)ccc23)[C@@H]2CC(OC(=O)C(O)(c3cccs3)c3cccs3)C[C@@H]1[C@H]1O[C@H]12. The predicted octanol–water partition coefficient (Wildman–Crippen LogP) is 5.32. The van der Waals surface area contributed by atoms with Gasteiger partial charge >= 0.3 is 5.97 Å². The number of rotatable bonds is 17. The Morgan fingerprint density at radius 3 is 2.26 bits per heavy atom. The number of pyridine rings is 1. The number of nitrogens with zero attached hydrogens (tertiary/aromatic N) is 1. The molecule has 50 heavy (non-hydrogen) atoms. The lowest BCUT2D eigenvalue weighted by atomic mass is 9.94. The van der Waals surface area contributed by atoms with E-state index in [1.165, 1.54) is 66.9 Å². The Morgan fingerprint density at radius 2 is 1.62 bits per heavy atom. The van der Waals surface area contributed by atoms with E-state index in [2.05, 4.69) is 17.3 Å². The molecule has 2 unspecified atom stereocenters. The van der Waals surface area contributed by atoms with Crippen molar-refractivity contribution in [2.24, 2.45) is 0 Å². The number of carbonyl (C=O) groups excluding carboxylic acids is 1. The van der Waals surface area contributed by atoms with Crippen LogP contribution >= 0.6 is 22.7 Å². The highest BCUT2D eigenvalue weighted by atomic mass is 32.1. The van der Waals surface area contributed by atoms with Gasteiger partial charge in [0.15, 0.2) is 0 Å². The molecule has 4 aromatic rings. The van der Waals surface area contributed by atoms with Crippen molar-refractivity contribution in [1.29, 1.82) is 0 Å². The maximum Gasteiger partial charge on any atom is 0.349 e. The number of carbonyl (C=O) groups is 1. The number of likely N-dealkylation sites (N-methyl/N-ethyl adjacent to an activating group) is 1. The first-order valence-electron chi connectivity index (χ1n) is 18.0. The van der Waals surface area contributed by atoms with Gasteiger partial charge in [0.25, 0.3) is 0 Å². The molecule has 12 heteroatoms. The molecule has 3 aliphatic heterocycles. The van der Waals surface area contributed by atoms with Gasteiger partial charge in [-0.1, -0.05) is 43.9 Å². The zero-order chi connectivity index (χ0) is 34.9. The number of aromatic hydroxyl groups is 1. The summed E-state index contributed by atoms with van der Waals surface area (Å²) in [6.45, 7) is 2.34. The third-order valence-corrected chi connectivity index (χ3v) is 13.2. The lowest BCUT2D eigenvalue weighted by Crippen LogP contribution is -2.63. The standard InChI is InChI=1S/C38H47N3O7S2/c1-41(18-8-6-4-2-3-5-7-17-39-23-30(43)25-13-15-29(42)34-26(25)14-16-33(44)40-34)27-21-24(22-28(41)36-35(27)48-36)47-37(45)38(46,31-11-9-19-49-31)32-12-10-20-50-32/h9-16,19-20,24,27-28,30,35-36,39,43,46H,2-8,17-18,21-23H2,1H3,(H-,40,42,44)/p+1/t24?,27-,28-,30+,35-,36+,41?/m1/s1. The smallest absolute Gasteiger partial charge is 0.349 e. The summed E-state index contributed by atoms with van der Waals surface area (Å²) in [4.78, 5) is 29.1. The number of unbranched alkanes of at least 4 members (excludes halogenated alkanes) is 6. The number of phenols is 1. The van der Waals surface area contributed by atoms with Crippen LogP contribution in [-0.4, -0.2) is 87.8 Å². The first-order valence-corrected chi connectivity index (χ1v) is 19.7. The highest BCUT2D eigenvalue weighted by Gasteiger charge is 2.72. The molecule has 0 saturated carbocycles. The second-order valence-electron chi connectivity index (χ2n) is 14.4. The summed E-state index contributed by atoms with van der Waals surface area (Å²) in [5.41, 5.74) is -1.04. The van der Waals surface area contributed by atoms with Gasteiger partial charge in [-0.15, -0.1) is 22.7 Å². The van der Waals surface area contributed by atoms with Gasteiger partial charge < -0.3 is 39.6 Å². The van der Waals surface area contributed by atoms with Crippen LogP contribution in [0.25, 0.3) is 10.9 Å². The van der Waals surface area contributed by atoms with Gasteiger partial charge in [-0.05, 0) is 66.4 Å². The van der Waals surface area contributed by atoms with Gasteiger partial charge in [0, 0.05) is 30.8 Å². The fourth-order valence-corrected chi connectivity index (χ4v) is 10.2. The van der Waals surface area contributed by atoms with Crippen molar-refractivity contribution in [3.8, 4) is 5.75 Å². The minimum atomic E-state index is -1.77. The molecule has 2 bridgehead atoms. The van der Waals surface area contributed by atoms with Gasteiger partial charge in [0.2, 0.25) is 11.2 Å². The fraction of sp³-hybridized carbons (Fsp3) is 0.526. The number of aromatic nitrogens is 1. The third kappa shape index (κ3) is 6.91. The van der Waals surface area contributed by atoms with Crippen LogP contribution in [0.1, 0.15) is 79.2 Å². The number of hydrogen-bond acceptors (Lipinski definition) is 10. The van der Waals surface area contributed by atoms with Crippen LogP contribution in [0.3, 0.4) is 0 Å². The second-order valence-corrected chi connectivity index (χ2v) is 16.3. The summed E-state index contributed by atoms with van der Waals surface area (Å²) in [6.07, 6.45) is 9.24. The lowest BCUT2D eigenvalue weighted by molar-refractivity contribution is -0.956. The molecule has 7 rings (SSSR count). The number of aliphatic hydroxyl groups is 2. The topological polar surface area (TPSA) is 144 Å². The number of thiophene rings is 2. The van der Waals surface area contributed by atoms with Crippen LogP contribution in [0.5, 0.6) is 5.75 Å². The molecule has 0 radical (unpaired) electrons. The number of benzene rings is 1. The lowest BCUT2D eigenvalue weighted by Gasteiger charge is -2.48. The first-order chi connectivity index (χ1) is 24.2. The largest absolute Gasteiger partial charge is 0.506 e. The molecule has 0 amide bonds. The molecule has 3 aliphatic rings. The van der Waals surface area contributed by atoms with Crippen LogP contribution in [0.15, 0.2) is 64.1 Å². The predicted molar refractivity (Wildman–Crippen MR) is 194 cm³/mol. The molecular weight excluding hydrogens is 675 g/mol. The van der Waals surface area contributed by atoms with Crippen LogP contribution in [-0.2, 0) is 19.9 Å². The number of aromatic amines is 1. The number of epoxide rings is 1. The van der Waals surface area contributed by atoms with E-state index in [9.17, 15) is 24.9 Å². The van der Waals surface area contributed by atoms with Crippen molar-refractivity contribution in [3.63, 3.8) is 0 Å². The summed E-state index contributed by atoms with van der Waals surface area (Å²) in [5, 5.41) is 40.2. The normalized spacial score (nSPS) is 26.2. The zero-order valence-electron chi connectivity index (χ0n) is 28.5. The molecule has 10 nitrogen and oxygen atoms in total. The molecular formula is C38H48N3O7S2+. The third-order valence-electron chi connectivity index (χ3n) is 11.3. The van der Waals surface area contributed by atoms with Crippen molar-refractivity contribution in [2.45, 2.75) is 99.9 Å². The van der Waals surface area contributed by atoms with E-state index in [1.807, 2.05) is 22.9 Å². The average Bonchev–Trinajstić information content (AvgIpc) is 3.40. The highest BCUT2D eigenvalue weighted by molar-refractivity contribution is 7.12. The van der Waals surface area contributed by atoms with Gasteiger partial charge in [0.1, 0.15) is 36.1 Å². The van der Waals surface area contributed by atoms with Crippen LogP contribution in [0, 0.1) is 0 Å². The number of hydrogen-bond donors (Lipinski definition) is 5. The Labute approximate surface area is 300 Å². The maximum absolute atomic E-state index is 13.6. The summed E-state index contributed by atoms with van der Waals surface area (Å²) in [5.74, 6) is -0.584. The Bertz CT molecular complexity index is 1760. The van der Waals surface area contributed by atoms with E-state index in [4.69, 9.17) is 9.47 Å². The number of aliphatic hydroxyl groups excluding tert-OH is 1. The van der Waals surface area contributed by atoms with Gasteiger partial charge in [-0.25, -0.2) is 4.79 Å². The number of ether oxygens (including phenoxy) is 2. The number of quaternary nitrogens is 1. The minimum absolute atomic E-state index is 0.00837. The number of H-pyrrole nitrogens is 1. The van der Waals surface area contributed by atoms with Crippen molar-refractivity contribution >= 4 is 39.5 Å².